The molecule has 14 heavy (non-hydrogen) atoms. The fourth-order valence-electron chi connectivity index (χ4n) is 1.23. The topological polar surface area (TPSA) is 51.8 Å². The molecule has 0 fully saturated rings. The van der Waals surface area contributed by atoms with E-state index >= 15 is 0 Å². The molecule has 3 nitrogen and oxygen atoms in total. The third kappa shape index (κ3) is 1.69. The van der Waals surface area contributed by atoms with Gasteiger partial charge >= 0.3 is 0 Å². The molecule has 0 atom stereocenters. The van der Waals surface area contributed by atoms with Crippen LogP contribution in [-0.4, -0.2) is 9.97 Å². The molecule has 0 saturated heterocycles. The summed E-state index contributed by atoms with van der Waals surface area (Å²) in [4.78, 5) is 7.69. The van der Waals surface area contributed by atoms with Gasteiger partial charge < -0.3 is 5.73 Å². The van der Waals surface area contributed by atoms with Gasteiger partial charge in [0.25, 0.3) is 0 Å². The average molecular weight is 189 g/mol. The maximum Gasteiger partial charge on any atom is 0.125 e. The molecule has 0 amide bonds. The number of hydrogen-bond donors (Lipinski definition) is 1. The monoisotopic (exact) mass is 189 g/mol. The first-order valence-electron chi connectivity index (χ1n) is 4.07. The van der Waals surface area contributed by atoms with Gasteiger partial charge in [-0.25, -0.2) is 14.4 Å². The van der Waals surface area contributed by atoms with E-state index in [9.17, 15) is 4.39 Å². The molecule has 2 rings (SSSR count). The lowest BCUT2D eigenvalue weighted by atomic mass is 10.1. The lowest BCUT2D eigenvalue weighted by molar-refractivity contribution is 0.629. The van der Waals surface area contributed by atoms with Crippen LogP contribution in [0.1, 0.15) is 0 Å². The third-order valence-electron chi connectivity index (χ3n) is 1.81. The zero-order valence-corrected chi connectivity index (χ0v) is 7.31. The van der Waals surface area contributed by atoms with Gasteiger partial charge in [0.1, 0.15) is 12.1 Å². The molecule has 0 spiro atoms. The molecule has 70 valence electrons. The van der Waals surface area contributed by atoms with Crippen LogP contribution in [0.15, 0.2) is 36.9 Å². The standard InChI is InChI=1S/C10H8FN3/c11-9-1-7(2-10(12)3-9)8-4-13-6-14-5-8/h1-6H,12H2. The molecular formula is C10H8FN3. The molecule has 1 heterocycles. The van der Waals surface area contributed by atoms with Gasteiger partial charge in [-0.15, -0.1) is 0 Å². The number of nitrogens with two attached hydrogens (primary N) is 1. The van der Waals surface area contributed by atoms with Crippen LogP contribution in [0.5, 0.6) is 0 Å². The summed E-state index contributed by atoms with van der Waals surface area (Å²) in [6.45, 7) is 0. The molecule has 0 radical (unpaired) electrons. The predicted molar refractivity (Wildman–Crippen MR) is 51.8 cm³/mol. The Morgan fingerprint density at radius 3 is 2.36 bits per heavy atom. The minimum atomic E-state index is -0.358. The third-order valence-corrected chi connectivity index (χ3v) is 1.81. The first-order chi connectivity index (χ1) is 6.75. The molecule has 0 aliphatic heterocycles. The van der Waals surface area contributed by atoms with E-state index in [-0.39, 0.29) is 5.82 Å². The summed E-state index contributed by atoms with van der Waals surface area (Å²) in [6, 6.07) is 4.35. The Labute approximate surface area is 80.4 Å². The van der Waals surface area contributed by atoms with Crippen molar-refractivity contribution in [2.75, 3.05) is 5.73 Å². The van der Waals surface area contributed by atoms with Crippen LogP contribution in [0.2, 0.25) is 0 Å². The second-order valence-corrected chi connectivity index (χ2v) is 2.90. The first-order valence-corrected chi connectivity index (χ1v) is 4.07. The van der Waals surface area contributed by atoms with Crippen LogP contribution in [0.4, 0.5) is 10.1 Å². The zero-order valence-electron chi connectivity index (χ0n) is 7.31. The quantitative estimate of drug-likeness (QED) is 0.696. The van der Waals surface area contributed by atoms with Crippen LogP contribution in [-0.2, 0) is 0 Å². The molecule has 0 bridgehead atoms. The average Bonchev–Trinajstić information content (AvgIpc) is 2.18. The van der Waals surface area contributed by atoms with E-state index in [2.05, 4.69) is 9.97 Å². The van der Waals surface area contributed by atoms with E-state index in [0.29, 0.717) is 11.3 Å². The lowest BCUT2D eigenvalue weighted by Crippen LogP contribution is -1.89. The largest absolute Gasteiger partial charge is 0.399 e. The molecule has 1 aromatic heterocycles. The molecule has 0 unspecified atom stereocenters. The Hall–Kier alpha value is -1.97. The van der Waals surface area contributed by atoms with Crippen molar-refractivity contribution in [2.45, 2.75) is 0 Å². The summed E-state index contributed by atoms with van der Waals surface area (Å²) in [5, 5.41) is 0. The van der Waals surface area contributed by atoms with Gasteiger partial charge in [-0.05, 0) is 23.8 Å². The molecule has 0 aliphatic rings. The van der Waals surface area contributed by atoms with Crippen molar-refractivity contribution in [2.24, 2.45) is 0 Å². The highest BCUT2D eigenvalue weighted by Crippen LogP contribution is 2.21. The number of aromatic nitrogens is 2. The van der Waals surface area contributed by atoms with Crippen LogP contribution >= 0.6 is 0 Å². The number of benzene rings is 1. The van der Waals surface area contributed by atoms with Crippen LogP contribution in [0, 0.1) is 5.82 Å². The molecule has 2 N–H and O–H groups in total. The Kier molecular flexibility index (Phi) is 2.10. The Balaban J connectivity index is 2.52. The Morgan fingerprint density at radius 1 is 1.00 bits per heavy atom. The first kappa shape index (κ1) is 8.62. The fraction of sp³-hybridized carbons (Fsp3) is 0. The maximum absolute atomic E-state index is 13.0. The van der Waals surface area contributed by atoms with Crippen molar-refractivity contribution in [1.29, 1.82) is 0 Å². The number of nitrogen functional groups attached to an aromatic ring is 1. The second-order valence-electron chi connectivity index (χ2n) is 2.90. The molecule has 0 aliphatic carbocycles. The number of nitrogens with zero attached hydrogens (tertiary/aromatic N) is 2. The van der Waals surface area contributed by atoms with E-state index < -0.39 is 0 Å². The van der Waals surface area contributed by atoms with Crippen molar-refractivity contribution < 1.29 is 4.39 Å². The van der Waals surface area contributed by atoms with Crippen LogP contribution in [0.25, 0.3) is 11.1 Å². The van der Waals surface area contributed by atoms with Crippen LogP contribution < -0.4 is 5.73 Å². The highest BCUT2D eigenvalue weighted by molar-refractivity contribution is 5.65. The second kappa shape index (κ2) is 3.41. The van der Waals surface area contributed by atoms with Crippen molar-refractivity contribution in [1.82, 2.24) is 9.97 Å². The Bertz CT molecular complexity index is 422. The summed E-state index contributed by atoms with van der Waals surface area (Å²) in [5.74, 6) is -0.358. The van der Waals surface area contributed by atoms with E-state index in [0.717, 1.165) is 5.56 Å². The van der Waals surface area contributed by atoms with E-state index in [1.54, 1.807) is 18.5 Å². The number of anilines is 1. The highest BCUT2D eigenvalue weighted by Gasteiger charge is 2.01. The maximum atomic E-state index is 13.0. The van der Waals surface area contributed by atoms with E-state index in [1.807, 2.05) is 0 Å². The molecular weight excluding hydrogens is 181 g/mol. The smallest absolute Gasteiger partial charge is 0.125 e. The number of rotatable bonds is 1. The van der Waals surface area contributed by atoms with E-state index in [4.69, 9.17) is 5.73 Å². The summed E-state index contributed by atoms with van der Waals surface area (Å²) in [6.07, 6.45) is 4.65. The predicted octanol–water partition coefficient (Wildman–Crippen LogP) is 1.86. The molecule has 2 aromatic rings. The fourth-order valence-corrected chi connectivity index (χ4v) is 1.23. The summed E-state index contributed by atoms with van der Waals surface area (Å²) < 4.78 is 13.0. The van der Waals surface area contributed by atoms with Crippen molar-refractivity contribution >= 4 is 5.69 Å². The SMILES string of the molecule is Nc1cc(F)cc(-c2cncnc2)c1. The number of hydrogen-bond acceptors (Lipinski definition) is 3. The summed E-state index contributed by atoms with van der Waals surface area (Å²) in [5.41, 5.74) is 7.34. The van der Waals surface area contributed by atoms with Gasteiger partial charge in [-0.2, -0.15) is 0 Å². The van der Waals surface area contributed by atoms with Gasteiger partial charge in [-0.1, -0.05) is 0 Å². The molecule has 1 aromatic carbocycles. The lowest BCUT2D eigenvalue weighted by Gasteiger charge is -2.01. The van der Waals surface area contributed by atoms with Gasteiger partial charge in [0, 0.05) is 23.6 Å². The molecule has 0 saturated carbocycles. The summed E-state index contributed by atoms with van der Waals surface area (Å²) >= 11 is 0. The Morgan fingerprint density at radius 2 is 1.71 bits per heavy atom. The van der Waals surface area contributed by atoms with Crippen molar-refractivity contribution in [3.05, 3.63) is 42.7 Å². The van der Waals surface area contributed by atoms with Crippen molar-refractivity contribution in [3.63, 3.8) is 0 Å². The highest BCUT2D eigenvalue weighted by atomic mass is 19.1. The zero-order chi connectivity index (χ0) is 9.97. The van der Waals surface area contributed by atoms with Crippen LogP contribution in [0.3, 0.4) is 0 Å². The van der Waals surface area contributed by atoms with Gasteiger partial charge in [-0.3, -0.25) is 0 Å². The summed E-state index contributed by atoms with van der Waals surface area (Å²) in [7, 11) is 0. The van der Waals surface area contributed by atoms with Gasteiger partial charge in [0.15, 0.2) is 0 Å². The van der Waals surface area contributed by atoms with Gasteiger partial charge in [0.2, 0.25) is 0 Å². The minimum Gasteiger partial charge on any atom is -0.399 e. The van der Waals surface area contributed by atoms with Crippen molar-refractivity contribution in [3.8, 4) is 11.1 Å². The van der Waals surface area contributed by atoms with Gasteiger partial charge in [0.05, 0.1) is 0 Å². The minimum absolute atomic E-state index is 0.358. The molecule has 4 heteroatoms. The normalized spacial score (nSPS) is 10.1. The van der Waals surface area contributed by atoms with E-state index in [1.165, 1.54) is 18.5 Å². The number of halogens is 1.